The van der Waals surface area contributed by atoms with E-state index in [-0.39, 0.29) is 11.5 Å². The van der Waals surface area contributed by atoms with Crippen molar-refractivity contribution in [3.05, 3.63) is 104 Å². The van der Waals surface area contributed by atoms with Crippen molar-refractivity contribution in [1.82, 2.24) is 14.3 Å². The summed E-state index contributed by atoms with van der Waals surface area (Å²) < 4.78 is 12.8. The Morgan fingerprint density at radius 1 is 1.02 bits per heavy atom. The van der Waals surface area contributed by atoms with Crippen molar-refractivity contribution >= 4 is 51.7 Å². The number of anilines is 1. The Kier molecular flexibility index (Phi) is 7.74. The molecule has 4 heterocycles. The highest BCUT2D eigenvalue weighted by atomic mass is 32.2. The lowest BCUT2D eigenvalue weighted by atomic mass is 9.99. The molecule has 0 saturated carbocycles. The number of amides is 1. The third kappa shape index (κ3) is 5.16. The molecule has 2 aliphatic heterocycles. The fourth-order valence-electron chi connectivity index (χ4n) is 5.45. The summed E-state index contributed by atoms with van der Waals surface area (Å²) in [6.45, 7) is 3.71. The van der Waals surface area contributed by atoms with Crippen molar-refractivity contribution in [3.63, 3.8) is 0 Å². The number of rotatable bonds is 7. The summed E-state index contributed by atoms with van der Waals surface area (Å²) >= 11 is 6.83. The third-order valence-corrected chi connectivity index (χ3v) is 9.09. The molecule has 4 aromatic rings. The summed E-state index contributed by atoms with van der Waals surface area (Å²) in [6.07, 6.45) is 4.83. The molecule has 0 radical (unpaired) electrons. The van der Waals surface area contributed by atoms with Crippen molar-refractivity contribution in [2.45, 2.75) is 26.3 Å². The zero-order valence-corrected chi connectivity index (χ0v) is 25.3. The molecular weight excluding hydrogens is 569 g/mol. The molecule has 8 nitrogen and oxygen atoms in total. The molecule has 0 atom stereocenters. The lowest BCUT2D eigenvalue weighted by Crippen LogP contribution is -2.34. The molecule has 0 N–H and O–H groups in total. The highest BCUT2D eigenvalue weighted by Crippen LogP contribution is 2.35. The average molecular weight is 599 g/mol. The van der Waals surface area contributed by atoms with Gasteiger partial charge in [0.25, 0.3) is 11.5 Å². The maximum atomic E-state index is 13.9. The van der Waals surface area contributed by atoms with Crippen molar-refractivity contribution < 1.29 is 14.3 Å². The van der Waals surface area contributed by atoms with Crippen LogP contribution in [0.5, 0.6) is 11.5 Å². The Morgan fingerprint density at radius 2 is 1.81 bits per heavy atom. The first kappa shape index (κ1) is 28.0. The van der Waals surface area contributed by atoms with Gasteiger partial charge in [0, 0.05) is 25.8 Å². The van der Waals surface area contributed by atoms with Crippen LogP contribution in [0.4, 0.5) is 5.82 Å². The number of aryl methyl sites for hydroxylation is 1. The molecule has 2 aliphatic rings. The molecule has 6 rings (SSSR count). The Bertz CT molecular complexity index is 1820. The van der Waals surface area contributed by atoms with Crippen LogP contribution in [0.3, 0.4) is 0 Å². The van der Waals surface area contributed by atoms with Crippen LogP contribution in [0.2, 0.25) is 0 Å². The predicted octanol–water partition coefficient (Wildman–Crippen LogP) is 5.03. The number of benzene rings is 2. The molecule has 2 aromatic heterocycles. The lowest BCUT2D eigenvalue weighted by Gasteiger charge is -2.31. The van der Waals surface area contributed by atoms with Crippen LogP contribution in [0.15, 0.2) is 70.5 Å². The number of fused-ring (bicyclic) bond motifs is 2. The topological polar surface area (TPSA) is 76.4 Å². The highest BCUT2D eigenvalue weighted by molar-refractivity contribution is 8.26. The van der Waals surface area contributed by atoms with Gasteiger partial charge in [0.1, 0.15) is 15.8 Å². The molecule has 10 heteroatoms. The minimum atomic E-state index is -0.215. The largest absolute Gasteiger partial charge is 0.493 e. The number of hydrogen-bond acceptors (Lipinski definition) is 8. The summed E-state index contributed by atoms with van der Waals surface area (Å²) in [6, 6.07) is 17.8. The second-order valence-electron chi connectivity index (χ2n) is 10.3. The second kappa shape index (κ2) is 11.6. The summed E-state index contributed by atoms with van der Waals surface area (Å²) in [4.78, 5) is 36.7. The molecule has 0 bridgehead atoms. The van der Waals surface area contributed by atoms with E-state index in [4.69, 9.17) is 26.7 Å². The maximum absolute atomic E-state index is 13.9. The number of nitrogens with zero attached hydrogens (tertiary/aromatic N) is 4. The Morgan fingerprint density at radius 3 is 2.60 bits per heavy atom. The van der Waals surface area contributed by atoms with Crippen molar-refractivity contribution in [3.8, 4) is 11.5 Å². The zero-order valence-electron chi connectivity index (χ0n) is 23.6. The van der Waals surface area contributed by atoms with Gasteiger partial charge in [-0.15, -0.1) is 0 Å². The van der Waals surface area contributed by atoms with Crippen LogP contribution in [0, 0.1) is 6.92 Å². The third-order valence-electron chi connectivity index (χ3n) is 7.72. The normalized spacial score (nSPS) is 15.9. The van der Waals surface area contributed by atoms with E-state index in [1.807, 2.05) is 43.3 Å². The van der Waals surface area contributed by atoms with E-state index >= 15 is 0 Å². The number of methoxy groups -OCH3 is 2. The number of carbonyl (C=O) groups excluding carboxylic acids is 1. The number of ether oxygens (including phenoxy) is 2. The number of thioether (sulfide) groups is 1. The van der Waals surface area contributed by atoms with Crippen LogP contribution >= 0.6 is 24.0 Å². The van der Waals surface area contributed by atoms with Gasteiger partial charge in [-0.25, -0.2) is 4.98 Å². The fraction of sp³-hybridized carbons (Fsp3) is 0.250. The predicted molar refractivity (Wildman–Crippen MR) is 171 cm³/mol. The molecule has 0 aliphatic carbocycles. The SMILES string of the molecule is COc1ccc(CCN2C(=O)/C(=C\c3c(N4CCc5ccccc5C4)nc4c(C)cccn4c3=O)SC2=S)cc1OC. The van der Waals surface area contributed by atoms with Crippen LogP contribution in [0.1, 0.15) is 27.8 Å². The van der Waals surface area contributed by atoms with Gasteiger partial charge < -0.3 is 14.4 Å². The van der Waals surface area contributed by atoms with E-state index < -0.39 is 0 Å². The van der Waals surface area contributed by atoms with Gasteiger partial charge in [0.05, 0.1) is 24.7 Å². The van der Waals surface area contributed by atoms with Crippen molar-refractivity contribution in [2.24, 2.45) is 0 Å². The average Bonchev–Trinajstić information content (AvgIpc) is 3.28. The summed E-state index contributed by atoms with van der Waals surface area (Å²) in [5, 5.41) is 0. The molecule has 42 heavy (non-hydrogen) atoms. The maximum Gasteiger partial charge on any atom is 0.267 e. The Balaban J connectivity index is 1.34. The minimum Gasteiger partial charge on any atom is -0.493 e. The van der Waals surface area contributed by atoms with Crippen LogP contribution in [0.25, 0.3) is 11.7 Å². The number of carbonyl (C=O) groups is 1. The van der Waals surface area contributed by atoms with Gasteiger partial charge in [-0.1, -0.05) is 60.4 Å². The summed E-state index contributed by atoms with van der Waals surface area (Å²) in [7, 11) is 3.19. The number of thiocarbonyl (C=S) groups is 1. The van der Waals surface area contributed by atoms with E-state index in [0.717, 1.165) is 24.1 Å². The first-order chi connectivity index (χ1) is 20.4. The van der Waals surface area contributed by atoms with Crippen LogP contribution < -0.4 is 19.9 Å². The molecule has 2 aromatic carbocycles. The molecule has 214 valence electrons. The molecule has 0 unspecified atom stereocenters. The standard InChI is InChI=1S/C32H30N4O4S2/c1-20-7-6-14-35-28(20)33-29(34-15-13-22-8-4-5-9-23(22)19-34)24(30(35)37)18-27-31(38)36(32(41)42-27)16-12-21-10-11-25(39-2)26(17-21)40-3/h4-11,14,17-18H,12-13,15-16,19H2,1-3H3/b27-18+. The van der Waals surface area contributed by atoms with E-state index in [0.29, 0.717) is 57.3 Å². The monoisotopic (exact) mass is 598 g/mol. The van der Waals surface area contributed by atoms with E-state index in [2.05, 4.69) is 23.1 Å². The second-order valence-corrected chi connectivity index (χ2v) is 11.9. The first-order valence-electron chi connectivity index (χ1n) is 13.7. The number of pyridine rings is 1. The summed E-state index contributed by atoms with van der Waals surface area (Å²) in [5.74, 6) is 1.65. The molecular formula is C32H30N4O4S2. The molecule has 1 amide bonds. The lowest BCUT2D eigenvalue weighted by molar-refractivity contribution is -0.122. The minimum absolute atomic E-state index is 0.214. The summed E-state index contributed by atoms with van der Waals surface area (Å²) in [5.41, 5.74) is 5.19. The van der Waals surface area contributed by atoms with E-state index in [9.17, 15) is 9.59 Å². The van der Waals surface area contributed by atoms with Crippen LogP contribution in [-0.4, -0.2) is 51.8 Å². The number of hydrogen-bond donors (Lipinski definition) is 0. The quantitative estimate of drug-likeness (QED) is 0.217. The van der Waals surface area contributed by atoms with E-state index in [1.165, 1.54) is 22.9 Å². The fourth-order valence-corrected chi connectivity index (χ4v) is 6.74. The Hall–Kier alpha value is -4.15. The van der Waals surface area contributed by atoms with Gasteiger partial charge in [0.2, 0.25) is 0 Å². The van der Waals surface area contributed by atoms with Crippen LogP contribution in [-0.2, 0) is 24.2 Å². The van der Waals surface area contributed by atoms with Gasteiger partial charge in [-0.2, -0.15) is 0 Å². The smallest absolute Gasteiger partial charge is 0.267 e. The highest BCUT2D eigenvalue weighted by Gasteiger charge is 2.33. The zero-order chi connectivity index (χ0) is 29.4. The van der Waals surface area contributed by atoms with Gasteiger partial charge in [-0.05, 0) is 66.3 Å². The number of aromatic nitrogens is 2. The molecule has 0 spiro atoms. The van der Waals surface area contributed by atoms with Crippen molar-refractivity contribution in [1.29, 1.82) is 0 Å². The van der Waals surface area contributed by atoms with Gasteiger partial charge in [0.15, 0.2) is 11.5 Å². The van der Waals surface area contributed by atoms with Gasteiger partial charge in [-0.3, -0.25) is 18.9 Å². The molecule has 1 saturated heterocycles. The van der Waals surface area contributed by atoms with E-state index in [1.54, 1.807) is 35.8 Å². The first-order valence-corrected chi connectivity index (χ1v) is 14.9. The Labute approximate surface area is 253 Å². The van der Waals surface area contributed by atoms with Crippen molar-refractivity contribution in [2.75, 3.05) is 32.2 Å². The molecule has 1 fully saturated rings. The van der Waals surface area contributed by atoms with Gasteiger partial charge >= 0.3 is 0 Å².